The van der Waals surface area contributed by atoms with Crippen molar-refractivity contribution in [3.05, 3.63) is 46.2 Å². The van der Waals surface area contributed by atoms with E-state index in [1.54, 1.807) is 6.20 Å². The number of nitrogens with zero attached hydrogens (tertiary/aromatic N) is 2. The number of alkyl halides is 3. The monoisotopic (exact) mass is 484 g/mol. The highest BCUT2D eigenvalue weighted by Gasteiger charge is 2.51. The summed E-state index contributed by atoms with van der Waals surface area (Å²) < 4.78 is 40.9. The molecule has 0 aromatic heterocycles. The van der Waals surface area contributed by atoms with Crippen LogP contribution in [0.2, 0.25) is 5.02 Å². The predicted octanol–water partition coefficient (Wildman–Crippen LogP) is 5.38. The summed E-state index contributed by atoms with van der Waals surface area (Å²) in [6, 6.07) is 3.22. The van der Waals surface area contributed by atoms with Gasteiger partial charge in [-0.1, -0.05) is 37.3 Å². The van der Waals surface area contributed by atoms with Crippen LogP contribution < -0.4 is 10.7 Å². The molecule has 33 heavy (non-hydrogen) atoms. The van der Waals surface area contributed by atoms with Crippen molar-refractivity contribution in [3.8, 4) is 0 Å². The van der Waals surface area contributed by atoms with Gasteiger partial charge in [0.25, 0.3) is 5.91 Å². The molecule has 2 heterocycles. The van der Waals surface area contributed by atoms with Crippen molar-refractivity contribution in [1.29, 1.82) is 0 Å². The second-order valence-electron chi connectivity index (χ2n) is 9.44. The Kier molecular flexibility index (Phi) is 7.15. The van der Waals surface area contributed by atoms with E-state index in [9.17, 15) is 18.0 Å². The molecule has 1 aromatic rings. The van der Waals surface area contributed by atoms with Crippen molar-refractivity contribution in [2.75, 3.05) is 19.6 Å². The third-order valence-corrected chi connectivity index (χ3v) is 7.44. The van der Waals surface area contributed by atoms with Gasteiger partial charge in [-0.3, -0.25) is 10.2 Å². The first-order valence-corrected chi connectivity index (χ1v) is 12.2. The van der Waals surface area contributed by atoms with Gasteiger partial charge in [0.1, 0.15) is 0 Å². The molecular formula is C24H32ClF3N4O. The minimum absolute atomic E-state index is 0.123. The molecule has 1 unspecified atom stereocenters. The minimum atomic E-state index is -4.54. The minimum Gasteiger partial charge on any atom is -0.356 e. The van der Waals surface area contributed by atoms with Crippen LogP contribution in [0.5, 0.6) is 0 Å². The SMILES string of the molecule is CC1=CNC(C(=O)NN2CCCCC2)(c2cc(C(F)(F)F)ccc2Cl)N1CC1CCCCC1. The van der Waals surface area contributed by atoms with Crippen LogP contribution in [-0.4, -0.2) is 35.5 Å². The van der Waals surface area contributed by atoms with E-state index in [0.29, 0.717) is 25.6 Å². The van der Waals surface area contributed by atoms with E-state index < -0.39 is 23.3 Å². The van der Waals surface area contributed by atoms with Gasteiger partial charge >= 0.3 is 6.18 Å². The number of carbonyl (C=O) groups excluding carboxylic acids is 1. The lowest BCUT2D eigenvalue weighted by Crippen LogP contribution is -2.63. The highest BCUT2D eigenvalue weighted by atomic mass is 35.5. The highest BCUT2D eigenvalue weighted by Crippen LogP contribution is 2.42. The van der Waals surface area contributed by atoms with Crippen molar-refractivity contribution < 1.29 is 18.0 Å². The average molecular weight is 485 g/mol. The molecule has 1 amide bonds. The van der Waals surface area contributed by atoms with Gasteiger partial charge < -0.3 is 10.2 Å². The quantitative estimate of drug-likeness (QED) is 0.589. The van der Waals surface area contributed by atoms with Gasteiger partial charge in [0.05, 0.1) is 5.56 Å². The Morgan fingerprint density at radius 1 is 1.15 bits per heavy atom. The van der Waals surface area contributed by atoms with Crippen molar-refractivity contribution >= 4 is 17.5 Å². The molecule has 2 aliphatic heterocycles. The molecule has 1 saturated carbocycles. The van der Waals surface area contributed by atoms with Gasteiger partial charge in [-0.25, -0.2) is 5.01 Å². The molecular weight excluding hydrogens is 453 g/mol. The number of rotatable bonds is 5. The van der Waals surface area contributed by atoms with Crippen molar-refractivity contribution in [1.82, 2.24) is 20.7 Å². The molecule has 5 nitrogen and oxygen atoms in total. The number of allylic oxidation sites excluding steroid dienone is 1. The van der Waals surface area contributed by atoms with Gasteiger partial charge in [0.15, 0.2) is 0 Å². The Bertz CT molecular complexity index is 894. The second-order valence-corrected chi connectivity index (χ2v) is 9.84. The van der Waals surface area contributed by atoms with Gasteiger partial charge in [-0.2, -0.15) is 13.2 Å². The average Bonchev–Trinajstić information content (AvgIpc) is 3.11. The first-order valence-electron chi connectivity index (χ1n) is 11.9. The van der Waals surface area contributed by atoms with E-state index >= 15 is 0 Å². The van der Waals surface area contributed by atoms with E-state index in [-0.39, 0.29) is 10.6 Å². The lowest BCUT2D eigenvalue weighted by atomic mass is 9.87. The van der Waals surface area contributed by atoms with E-state index in [1.807, 2.05) is 16.8 Å². The number of amides is 1. The van der Waals surface area contributed by atoms with Crippen LogP contribution in [0, 0.1) is 5.92 Å². The zero-order chi connectivity index (χ0) is 23.6. The molecule has 9 heteroatoms. The van der Waals surface area contributed by atoms with E-state index in [4.69, 9.17) is 11.6 Å². The number of piperidine rings is 1. The fourth-order valence-electron chi connectivity index (χ4n) is 5.28. The third-order valence-electron chi connectivity index (χ3n) is 7.11. The molecule has 1 atom stereocenters. The molecule has 0 bridgehead atoms. The summed E-state index contributed by atoms with van der Waals surface area (Å²) >= 11 is 6.51. The summed E-state index contributed by atoms with van der Waals surface area (Å²) in [5.74, 6) is -0.0386. The molecule has 0 radical (unpaired) electrons. The molecule has 0 spiro atoms. The Morgan fingerprint density at radius 3 is 2.48 bits per heavy atom. The summed E-state index contributed by atoms with van der Waals surface area (Å²) in [6.07, 6.45) is 5.76. The summed E-state index contributed by atoms with van der Waals surface area (Å²) in [6.45, 7) is 3.89. The smallest absolute Gasteiger partial charge is 0.356 e. The van der Waals surface area contributed by atoms with Gasteiger partial charge in [0.2, 0.25) is 5.66 Å². The van der Waals surface area contributed by atoms with Crippen molar-refractivity contribution in [2.24, 2.45) is 5.92 Å². The Labute approximate surface area is 198 Å². The first kappa shape index (κ1) is 24.2. The number of hydrogen-bond donors (Lipinski definition) is 2. The number of benzene rings is 1. The molecule has 2 N–H and O–H groups in total. The number of carbonyl (C=O) groups is 1. The maximum atomic E-state index is 13.9. The van der Waals surface area contributed by atoms with Gasteiger partial charge in [0, 0.05) is 42.1 Å². The zero-order valence-corrected chi connectivity index (χ0v) is 19.7. The van der Waals surface area contributed by atoms with Gasteiger partial charge in [-0.15, -0.1) is 0 Å². The normalized spacial score (nSPS) is 25.0. The molecule has 4 rings (SSSR count). The van der Waals surface area contributed by atoms with Crippen LogP contribution in [0.15, 0.2) is 30.1 Å². The Hall–Kier alpha value is -1.93. The number of hydrogen-bond acceptors (Lipinski definition) is 4. The zero-order valence-electron chi connectivity index (χ0n) is 19.0. The molecule has 1 aromatic carbocycles. The maximum Gasteiger partial charge on any atom is 0.416 e. The fraction of sp³-hybridized carbons (Fsp3) is 0.625. The fourth-order valence-corrected chi connectivity index (χ4v) is 5.54. The number of halogens is 4. The van der Waals surface area contributed by atoms with E-state index in [1.165, 1.54) is 12.5 Å². The maximum absolute atomic E-state index is 13.9. The van der Waals surface area contributed by atoms with E-state index in [0.717, 1.165) is 62.8 Å². The van der Waals surface area contributed by atoms with Gasteiger partial charge in [-0.05, 0) is 56.7 Å². The lowest BCUT2D eigenvalue weighted by molar-refractivity contribution is -0.141. The Morgan fingerprint density at radius 2 is 1.82 bits per heavy atom. The van der Waals surface area contributed by atoms with Crippen LogP contribution in [0.1, 0.15) is 69.4 Å². The van der Waals surface area contributed by atoms with Crippen LogP contribution in [0.3, 0.4) is 0 Å². The largest absolute Gasteiger partial charge is 0.416 e. The summed E-state index contributed by atoms with van der Waals surface area (Å²) in [5.41, 5.74) is 1.55. The van der Waals surface area contributed by atoms with Crippen LogP contribution in [0.25, 0.3) is 0 Å². The van der Waals surface area contributed by atoms with E-state index in [2.05, 4.69) is 10.7 Å². The Balaban J connectivity index is 1.76. The number of hydrazine groups is 1. The molecule has 1 aliphatic carbocycles. The summed E-state index contributed by atoms with van der Waals surface area (Å²) in [4.78, 5) is 15.8. The van der Waals surface area contributed by atoms with Crippen LogP contribution >= 0.6 is 11.6 Å². The third kappa shape index (κ3) is 4.97. The van der Waals surface area contributed by atoms with Crippen molar-refractivity contribution in [3.63, 3.8) is 0 Å². The standard InChI is InChI=1S/C24H32ClF3N4O/c1-17-15-29-23(22(33)30-31-12-6-3-7-13-31,32(17)16-18-8-4-2-5-9-18)20-14-19(24(26,27)28)10-11-21(20)25/h10-11,14-15,18,29H,2-9,12-13,16H2,1H3,(H,30,33). The summed E-state index contributed by atoms with van der Waals surface area (Å²) in [5, 5.41) is 5.15. The number of nitrogens with one attached hydrogen (secondary N) is 2. The summed E-state index contributed by atoms with van der Waals surface area (Å²) in [7, 11) is 0. The molecule has 2 fully saturated rings. The molecule has 3 aliphatic rings. The molecule has 182 valence electrons. The second kappa shape index (κ2) is 9.74. The van der Waals surface area contributed by atoms with Crippen LogP contribution in [0.4, 0.5) is 13.2 Å². The van der Waals surface area contributed by atoms with Crippen LogP contribution in [-0.2, 0) is 16.6 Å². The van der Waals surface area contributed by atoms with Crippen molar-refractivity contribution in [2.45, 2.75) is 70.1 Å². The lowest BCUT2D eigenvalue weighted by Gasteiger charge is -2.43. The highest BCUT2D eigenvalue weighted by molar-refractivity contribution is 6.31. The first-order chi connectivity index (χ1) is 15.7. The topological polar surface area (TPSA) is 47.6 Å². The molecule has 1 saturated heterocycles. The predicted molar refractivity (Wildman–Crippen MR) is 122 cm³/mol.